The van der Waals surface area contributed by atoms with Gasteiger partial charge in [-0.25, -0.2) is 4.79 Å². The predicted octanol–water partition coefficient (Wildman–Crippen LogP) is -5.27. The van der Waals surface area contributed by atoms with Crippen molar-refractivity contribution < 1.29 is 48.6 Å². The SMILES string of the molecule is NC(=O)CCC(N)C(=O)NC(CCC(=O)O)C(=O)NC(CC(N)=O)C(=O)NC(CC(N)=O)C(=O)O. The number of carbonyl (C=O) groups excluding carboxylic acids is 6. The first-order chi connectivity index (χ1) is 16.1. The molecule has 0 saturated carbocycles. The second kappa shape index (κ2) is 14.8. The van der Waals surface area contributed by atoms with E-state index >= 15 is 0 Å². The maximum Gasteiger partial charge on any atom is 0.326 e. The zero-order valence-electron chi connectivity index (χ0n) is 18.5. The van der Waals surface area contributed by atoms with Crippen LogP contribution in [0.3, 0.4) is 0 Å². The highest BCUT2D eigenvalue weighted by Gasteiger charge is 2.32. The average molecular weight is 503 g/mol. The summed E-state index contributed by atoms with van der Waals surface area (Å²) in [6.07, 6.45) is -3.06. The lowest BCUT2D eigenvalue weighted by Crippen LogP contribution is -2.58. The second-order valence-electron chi connectivity index (χ2n) is 7.41. The molecule has 0 saturated heterocycles. The van der Waals surface area contributed by atoms with E-state index in [1.807, 2.05) is 5.32 Å². The summed E-state index contributed by atoms with van der Waals surface area (Å²) in [5.41, 5.74) is 20.6. The molecule has 0 fully saturated rings. The predicted molar refractivity (Wildman–Crippen MR) is 114 cm³/mol. The first-order valence-corrected chi connectivity index (χ1v) is 10.1. The van der Waals surface area contributed by atoms with Crippen LogP contribution in [0.15, 0.2) is 0 Å². The van der Waals surface area contributed by atoms with Crippen LogP contribution in [-0.2, 0) is 38.4 Å². The lowest BCUT2D eigenvalue weighted by molar-refractivity contribution is -0.144. The van der Waals surface area contributed by atoms with Gasteiger partial charge < -0.3 is 49.1 Å². The number of hydrogen-bond donors (Lipinski definition) is 9. The molecule has 196 valence electrons. The molecule has 13 N–H and O–H groups in total. The second-order valence-corrected chi connectivity index (χ2v) is 7.41. The van der Waals surface area contributed by atoms with Gasteiger partial charge in [-0.1, -0.05) is 0 Å². The van der Waals surface area contributed by atoms with Gasteiger partial charge in [-0.2, -0.15) is 0 Å². The number of hydrogen-bond acceptors (Lipinski definition) is 9. The Balaban J connectivity index is 5.59. The molecule has 0 spiro atoms. The topological polar surface area (TPSA) is 317 Å². The minimum atomic E-state index is -1.78. The summed E-state index contributed by atoms with van der Waals surface area (Å²) in [7, 11) is 0. The van der Waals surface area contributed by atoms with Crippen molar-refractivity contribution in [2.24, 2.45) is 22.9 Å². The van der Waals surface area contributed by atoms with E-state index in [1.165, 1.54) is 0 Å². The molecule has 6 amide bonds. The Morgan fingerprint density at radius 2 is 1.06 bits per heavy atom. The number of nitrogens with two attached hydrogens (primary N) is 4. The summed E-state index contributed by atoms with van der Waals surface area (Å²) in [5, 5.41) is 24.2. The summed E-state index contributed by atoms with van der Waals surface area (Å²) in [6.45, 7) is 0. The molecule has 4 atom stereocenters. The van der Waals surface area contributed by atoms with E-state index < -0.39 is 97.2 Å². The van der Waals surface area contributed by atoms with Crippen LogP contribution in [0.2, 0.25) is 0 Å². The highest BCUT2D eigenvalue weighted by molar-refractivity contribution is 5.97. The summed E-state index contributed by atoms with van der Waals surface area (Å²) in [4.78, 5) is 92.9. The van der Waals surface area contributed by atoms with Crippen molar-refractivity contribution in [1.82, 2.24) is 16.0 Å². The molecule has 0 heterocycles. The molecule has 17 nitrogen and oxygen atoms in total. The van der Waals surface area contributed by atoms with E-state index in [2.05, 4.69) is 10.6 Å². The smallest absolute Gasteiger partial charge is 0.326 e. The summed E-state index contributed by atoms with van der Waals surface area (Å²) in [6, 6.07) is -6.36. The molecule has 0 aromatic carbocycles. The molecule has 35 heavy (non-hydrogen) atoms. The fraction of sp³-hybridized carbons (Fsp3) is 0.556. The summed E-state index contributed by atoms with van der Waals surface area (Å²) >= 11 is 0. The molecule has 17 heteroatoms. The number of carboxylic acid groups (broad SMARTS) is 2. The molecule has 0 rings (SSSR count). The Bertz CT molecular complexity index is 863. The van der Waals surface area contributed by atoms with Gasteiger partial charge in [0.25, 0.3) is 0 Å². The minimum absolute atomic E-state index is 0.169. The Morgan fingerprint density at radius 1 is 0.600 bits per heavy atom. The van der Waals surface area contributed by atoms with Crippen molar-refractivity contribution in [2.45, 2.75) is 62.7 Å². The monoisotopic (exact) mass is 503 g/mol. The van der Waals surface area contributed by atoms with Crippen LogP contribution < -0.4 is 38.9 Å². The number of amides is 6. The molecule has 0 aliphatic carbocycles. The van der Waals surface area contributed by atoms with Gasteiger partial charge in [0.2, 0.25) is 35.4 Å². The molecule has 0 bridgehead atoms. The van der Waals surface area contributed by atoms with Gasteiger partial charge in [0, 0.05) is 12.8 Å². The molecular formula is C18H29N7O10. The highest BCUT2D eigenvalue weighted by atomic mass is 16.4. The number of carbonyl (C=O) groups is 8. The van der Waals surface area contributed by atoms with Gasteiger partial charge in [-0.3, -0.25) is 33.6 Å². The standard InChI is InChI=1S/C18H29N7O10/c19-7(1-3-11(20)26)15(31)23-8(2-4-14(29)30)16(32)24-9(5-12(21)27)17(33)25-10(18(34)35)6-13(22)28/h7-10H,1-6,19H2,(H2,20,26)(H2,21,27)(H2,22,28)(H,23,31)(H,24,32)(H,25,33)(H,29,30)(H,34,35). The average Bonchev–Trinajstić information content (AvgIpc) is 2.72. The van der Waals surface area contributed by atoms with E-state index in [-0.39, 0.29) is 12.8 Å². The van der Waals surface area contributed by atoms with Crippen molar-refractivity contribution in [3.05, 3.63) is 0 Å². The Labute approximate surface area is 198 Å². The van der Waals surface area contributed by atoms with Gasteiger partial charge in [0.1, 0.15) is 18.1 Å². The van der Waals surface area contributed by atoms with E-state index in [0.717, 1.165) is 0 Å². The normalized spacial score (nSPS) is 13.9. The summed E-state index contributed by atoms with van der Waals surface area (Å²) < 4.78 is 0. The number of nitrogens with one attached hydrogen (secondary N) is 3. The minimum Gasteiger partial charge on any atom is -0.481 e. The molecule has 0 aromatic heterocycles. The zero-order valence-corrected chi connectivity index (χ0v) is 18.5. The van der Waals surface area contributed by atoms with Gasteiger partial charge in [-0.05, 0) is 12.8 Å². The number of aliphatic carboxylic acids is 2. The largest absolute Gasteiger partial charge is 0.481 e. The molecule has 4 unspecified atom stereocenters. The van der Waals surface area contributed by atoms with Crippen molar-refractivity contribution >= 4 is 47.4 Å². The quantitative estimate of drug-likeness (QED) is 0.0902. The van der Waals surface area contributed by atoms with E-state index in [0.29, 0.717) is 0 Å². The Morgan fingerprint density at radius 3 is 1.51 bits per heavy atom. The Kier molecular flexibility index (Phi) is 13.0. The third-order valence-electron chi connectivity index (χ3n) is 4.38. The van der Waals surface area contributed by atoms with Crippen molar-refractivity contribution in [3.63, 3.8) is 0 Å². The van der Waals surface area contributed by atoms with Gasteiger partial charge >= 0.3 is 11.9 Å². The molecule has 0 aromatic rings. The number of rotatable bonds is 17. The van der Waals surface area contributed by atoms with Gasteiger partial charge in [-0.15, -0.1) is 0 Å². The van der Waals surface area contributed by atoms with Crippen molar-refractivity contribution in [1.29, 1.82) is 0 Å². The molecular weight excluding hydrogens is 474 g/mol. The van der Waals surface area contributed by atoms with Crippen molar-refractivity contribution in [3.8, 4) is 0 Å². The van der Waals surface area contributed by atoms with Crippen LogP contribution in [0.5, 0.6) is 0 Å². The fourth-order valence-electron chi connectivity index (χ4n) is 2.60. The fourth-order valence-corrected chi connectivity index (χ4v) is 2.60. The van der Waals surface area contributed by atoms with Crippen LogP contribution in [0.1, 0.15) is 38.5 Å². The van der Waals surface area contributed by atoms with Gasteiger partial charge in [0.05, 0.1) is 18.9 Å². The van der Waals surface area contributed by atoms with Crippen LogP contribution >= 0.6 is 0 Å². The van der Waals surface area contributed by atoms with E-state index in [1.54, 1.807) is 0 Å². The van der Waals surface area contributed by atoms with Crippen LogP contribution in [-0.4, -0.2) is 81.8 Å². The molecule has 0 radical (unpaired) electrons. The zero-order chi connectivity index (χ0) is 27.3. The molecule has 0 aliphatic heterocycles. The number of carboxylic acids is 2. The number of primary amides is 3. The lowest BCUT2D eigenvalue weighted by atomic mass is 10.1. The first kappa shape index (κ1) is 30.7. The van der Waals surface area contributed by atoms with Crippen LogP contribution in [0.4, 0.5) is 0 Å². The first-order valence-electron chi connectivity index (χ1n) is 10.1. The Hall–Kier alpha value is -4.28. The maximum atomic E-state index is 12.7. The third-order valence-corrected chi connectivity index (χ3v) is 4.38. The molecule has 0 aliphatic rings. The van der Waals surface area contributed by atoms with Crippen LogP contribution in [0.25, 0.3) is 0 Å². The lowest BCUT2D eigenvalue weighted by Gasteiger charge is -2.24. The van der Waals surface area contributed by atoms with Crippen molar-refractivity contribution in [2.75, 3.05) is 0 Å². The maximum absolute atomic E-state index is 12.7. The summed E-state index contributed by atoms with van der Waals surface area (Å²) in [5.74, 6) is -9.08. The van der Waals surface area contributed by atoms with E-state index in [9.17, 15) is 38.4 Å². The highest BCUT2D eigenvalue weighted by Crippen LogP contribution is 2.04. The van der Waals surface area contributed by atoms with Gasteiger partial charge in [0.15, 0.2) is 0 Å². The van der Waals surface area contributed by atoms with E-state index in [4.69, 9.17) is 33.1 Å². The van der Waals surface area contributed by atoms with Crippen LogP contribution in [0, 0.1) is 0 Å². The third kappa shape index (κ3) is 13.1.